The third-order valence-electron chi connectivity index (χ3n) is 2.08. The Morgan fingerprint density at radius 2 is 2.00 bits per heavy atom. The van der Waals surface area contributed by atoms with Crippen molar-refractivity contribution in [3.8, 4) is 0 Å². The molecular formula is C10H16N2. The van der Waals surface area contributed by atoms with Crippen molar-refractivity contribution in [3.63, 3.8) is 0 Å². The van der Waals surface area contributed by atoms with Crippen LogP contribution in [0.1, 0.15) is 43.6 Å². The summed E-state index contributed by atoms with van der Waals surface area (Å²) in [5.41, 5.74) is 3.63. The molecule has 0 atom stereocenters. The largest absolute Gasteiger partial charge is 0.241 e. The van der Waals surface area contributed by atoms with E-state index in [0.717, 1.165) is 12.1 Å². The Morgan fingerprint density at radius 1 is 1.33 bits per heavy atom. The summed E-state index contributed by atoms with van der Waals surface area (Å²) in [7, 11) is 0. The molecule has 12 heavy (non-hydrogen) atoms. The van der Waals surface area contributed by atoms with Gasteiger partial charge in [0.25, 0.3) is 0 Å². The lowest BCUT2D eigenvalue weighted by Crippen LogP contribution is -2.03. The third-order valence-corrected chi connectivity index (χ3v) is 2.08. The van der Waals surface area contributed by atoms with Crippen LogP contribution in [0.25, 0.3) is 0 Å². The van der Waals surface area contributed by atoms with E-state index < -0.39 is 0 Å². The van der Waals surface area contributed by atoms with Crippen molar-refractivity contribution in [3.05, 3.63) is 23.3 Å². The van der Waals surface area contributed by atoms with Crippen molar-refractivity contribution in [2.75, 3.05) is 0 Å². The van der Waals surface area contributed by atoms with Crippen LogP contribution in [0.2, 0.25) is 0 Å². The number of hydrogen-bond acceptors (Lipinski definition) is 2. The molecule has 1 heterocycles. The van der Waals surface area contributed by atoms with Crippen LogP contribution in [-0.2, 0) is 6.42 Å². The second-order valence-electron chi connectivity index (χ2n) is 3.33. The van der Waals surface area contributed by atoms with E-state index >= 15 is 0 Å². The molecule has 1 aromatic heterocycles. The molecule has 0 N–H and O–H groups in total. The van der Waals surface area contributed by atoms with Crippen LogP contribution in [0.4, 0.5) is 0 Å². The predicted molar refractivity (Wildman–Crippen MR) is 50.2 cm³/mol. The van der Waals surface area contributed by atoms with E-state index in [0.29, 0.717) is 5.92 Å². The molecule has 66 valence electrons. The van der Waals surface area contributed by atoms with Gasteiger partial charge in [0, 0.05) is 11.4 Å². The highest BCUT2D eigenvalue weighted by molar-refractivity contribution is 5.26. The standard InChI is InChI=1S/C10H16N2/c1-5-9-10(7(2)3)8(4)11-6-12-9/h6-7H,5H2,1-4H3. The molecular weight excluding hydrogens is 148 g/mol. The van der Waals surface area contributed by atoms with E-state index in [1.165, 1.54) is 11.3 Å². The first-order valence-electron chi connectivity index (χ1n) is 4.47. The zero-order chi connectivity index (χ0) is 9.14. The first-order chi connectivity index (χ1) is 5.66. The summed E-state index contributed by atoms with van der Waals surface area (Å²) >= 11 is 0. The Balaban J connectivity index is 3.20. The zero-order valence-corrected chi connectivity index (χ0v) is 8.26. The first-order valence-corrected chi connectivity index (χ1v) is 4.47. The average Bonchev–Trinajstić information content (AvgIpc) is 2.03. The highest BCUT2D eigenvalue weighted by Crippen LogP contribution is 2.20. The van der Waals surface area contributed by atoms with E-state index in [4.69, 9.17) is 0 Å². The minimum absolute atomic E-state index is 0.529. The molecule has 2 nitrogen and oxygen atoms in total. The van der Waals surface area contributed by atoms with Crippen LogP contribution in [0, 0.1) is 6.92 Å². The lowest BCUT2D eigenvalue weighted by molar-refractivity contribution is 0.793. The average molecular weight is 164 g/mol. The van der Waals surface area contributed by atoms with Crippen LogP contribution in [0.15, 0.2) is 6.33 Å². The van der Waals surface area contributed by atoms with Gasteiger partial charge < -0.3 is 0 Å². The van der Waals surface area contributed by atoms with Crippen molar-refractivity contribution < 1.29 is 0 Å². The SMILES string of the molecule is CCc1ncnc(C)c1C(C)C. The fraction of sp³-hybridized carbons (Fsp3) is 0.600. The van der Waals surface area contributed by atoms with Crippen LogP contribution < -0.4 is 0 Å². The molecule has 0 saturated carbocycles. The van der Waals surface area contributed by atoms with E-state index in [1.54, 1.807) is 6.33 Å². The first kappa shape index (κ1) is 9.17. The molecule has 0 unspecified atom stereocenters. The number of aromatic nitrogens is 2. The Bertz CT molecular complexity index is 267. The third kappa shape index (κ3) is 1.63. The molecule has 1 aromatic rings. The Kier molecular flexibility index (Phi) is 2.79. The van der Waals surface area contributed by atoms with Crippen molar-refractivity contribution in [1.29, 1.82) is 0 Å². The summed E-state index contributed by atoms with van der Waals surface area (Å²) in [4.78, 5) is 8.47. The molecule has 2 heteroatoms. The van der Waals surface area contributed by atoms with Gasteiger partial charge in [-0.3, -0.25) is 0 Å². The Labute approximate surface area is 74.1 Å². The second kappa shape index (κ2) is 3.65. The van der Waals surface area contributed by atoms with Crippen molar-refractivity contribution in [2.45, 2.75) is 40.0 Å². The maximum atomic E-state index is 4.27. The van der Waals surface area contributed by atoms with E-state index in [-0.39, 0.29) is 0 Å². The molecule has 0 aliphatic rings. The van der Waals surface area contributed by atoms with Crippen LogP contribution in [-0.4, -0.2) is 9.97 Å². The molecule has 0 aromatic carbocycles. The highest BCUT2D eigenvalue weighted by atomic mass is 14.8. The van der Waals surface area contributed by atoms with Gasteiger partial charge in [-0.15, -0.1) is 0 Å². The number of nitrogens with zero attached hydrogens (tertiary/aromatic N) is 2. The van der Waals surface area contributed by atoms with Gasteiger partial charge in [-0.05, 0) is 24.8 Å². The molecule has 0 fully saturated rings. The molecule has 0 aliphatic heterocycles. The molecule has 0 saturated heterocycles. The highest BCUT2D eigenvalue weighted by Gasteiger charge is 2.09. The van der Waals surface area contributed by atoms with Gasteiger partial charge in [0.2, 0.25) is 0 Å². The summed E-state index contributed by atoms with van der Waals surface area (Å²) in [6.07, 6.45) is 2.65. The molecule has 0 radical (unpaired) electrons. The molecule has 0 aliphatic carbocycles. The summed E-state index contributed by atoms with van der Waals surface area (Å²) in [5.74, 6) is 0.529. The topological polar surface area (TPSA) is 25.8 Å². The maximum Gasteiger partial charge on any atom is 0.115 e. The lowest BCUT2D eigenvalue weighted by atomic mass is 9.99. The summed E-state index contributed by atoms with van der Waals surface area (Å²) < 4.78 is 0. The molecule has 0 bridgehead atoms. The van der Waals surface area contributed by atoms with Crippen LogP contribution in [0.5, 0.6) is 0 Å². The van der Waals surface area contributed by atoms with E-state index in [9.17, 15) is 0 Å². The minimum Gasteiger partial charge on any atom is -0.241 e. The molecule has 0 spiro atoms. The van der Waals surface area contributed by atoms with Gasteiger partial charge in [0.1, 0.15) is 6.33 Å². The summed E-state index contributed by atoms with van der Waals surface area (Å²) in [6, 6.07) is 0. The minimum atomic E-state index is 0.529. The smallest absolute Gasteiger partial charge is 0.115 e. The van der Waals surface area contributed by atoms with Gasteiger partial charge >= 0.3 is 0 Å². The fourth-order valence-corrected chi connectivity index (χ4v) is 1.57. The predicted octanol–water partition coefficient (Wildman–Crippen LogP) is 2.47. The summed E-state index contributed by atoms with van der Waals surface area (Å²) in [6.45, 7) is 8.56. The monoisotopic (exact) mass is 164 g/mol. The van der Waals surface area contributed by atoms with Crippen molar-refractivity contribution >= 4 is 0 Å². The van der Waals surface area contributed by atoms with Gasteiger partial charge in [0.05, 0.1) is 0 Å². The van der Waals surface area contributed by atoms with E-state index in [1.807, 2.05) is 0 Å². The normalized spacial score (nSPS) is 10.8. The number of hydrogen-bond donors (Lipinski definition) is 0. The zero-order valence-electron chi connectivity index (χ0n) is 8.26. The fourth-order valence-electron chi connectivity index (χ4n) is 1.57. The van der Waals surface area contributed by atoms with Crippen molar-refractivity contribution in [2.24, 2.45) is 0 Å². The maximum absolute atomic E-state index is 4.27. The van der Waals surface area contributed by atoms with Gasteiger partial charge in [-0.2, -0.15) is 0 Å². The Hall–Kier alpha value is -0.920. The van der Waals surface area contributed by atoms with Crippen molar-refractivity contribution in [1.82, 2.24) is 9.97 Å². The second-order valence-corrected chi connectivity index (χ2v) is 3.33. The summed E-state index contributed by atoms with van der Waals surface area (Å²) in [5, 5.41) is 0. The number of rotatable bonds is 2. The lowest BCUT2D eigenvalue weighted by Gasteiger charge is -2.11. The van der Waals surface area contributed by atoms with Gasteiger partial charge in [0.15, 0.2) is 0 Å². The van der Waals surface area contributed by atoms with Crippen LogP contribution in [0.3, 0.4) is 0 Å². The number of aryl methyl sites for hydroxylation is 2. The van der Waals surface area contributed by atoms with Gasteiger partial charge in [-0.25, -0.2) is 9.97 Å². The molecule has 1 rings (SSSR count). The van der Waals surface area contributed by atoms with E-state index in [2.05, 4.69) is 37.7 Å². The molecule has 0 amide bonds. The Morgan fingerprint density at radius 3 is 2.42 bits per heavy atom. The van der Waals surface area contributed by atoms with Gasteiger partial charge in [-0.1, -0.05) is 20.8 Å². The van der Waals surface area contributed by atoms with Crippen LogP contribution >= 0.6 is 0 Å². The quantitative estimate of drug-likeness (QED) is 0.671.